The van der Waals surface area contributed by atoms with E-state index in [1.54, 1.807) is 12.1 Å². The van der Waals surface area contributed by atoms with E-state index in [4.69, 9.17) is 5.73 Å². The van der Waals surface area contributed by atoms with Gasteiger partial charge in [-0.05, 0) is 49.8 Å². The lowest BCUT2D eigenvalue weighted by Crippen LogP contribution is -2.52. The highest BCUT2D eigenvalue weighted by atomic mass is 19.1. The van der Waals surface area contributed by atoms with Crippen LogP contribution >= 0.6 is 0 Å². The van der Waals surface area contributed by atoms with Gasteiger partial charge in [-0.3, -0.25) is 4.79 Å². The van der Waals surface area contributed by atoms with Crippen LogP contribution in [0.15, 0.2) is 24.3 Å². The minimum atomic E-state index is -0.724. The lowest BCUT2D eigenvalue weighted by molar-refractivity contribution is -0.123. The molecule has 1 aliphatic carbocycles. The molecular formula is C16H23FN2O. The number of carbonyl (C=O) groups excluding carboxylic acids is 1. The Hall–Kier alpha value is -1.58. The van der Waals surface area contributed by atoms with E-state index in [1.807, 2.05) is 0 Å². The van der Waals surface area contributed by atoms with Crippen molar-refractivity contribution < 1.29 is 9.18 Å². The predicted octanol–water partition coefficient (Wildman–Crippen LogP) is 3.45. The quantitative estimate of drug-likeness (QED) is 0.866. The first-order chi connectivity index (χ1) is 9.55. The first-order valence-corrected chi connectivity index (χ1v) is 7.39. The van der Waals surface area contributed by atoms with Crippen molar-refractivity contribution in [2.24, 2.45) is 11.7 Å². The number of nitrogens with two attached hydrogens (primary N) is 1. The highest BCUT2D eigenvalue weighted by Crippen LogP contribution is 2.36. The standard InChI is InChI=1S/C16H23FN2O/c1-2-4-12-7-9-16(10-8-12,15(18)20)19-14-6-3-5-13(17)11-14/h3,5-6,11-12,19H,2,4,7-10H2,1H3,(H2,18,20). The maximum Gasteiger partial charge on any atom is 0.243 e. The second kappa shape index (κ2) is 6.25. The molecular weight excluding hydrogens is 255 g/mol. The van der Waals surface area contributed by atoms with Crippen molar-refractivity contribution in [2.45, 2.75) is 51.0 Å². The fourth-order valence-corrected chi connectivity index (χ4v) is 3.14. The summed E-state index contributed by atoms with van der Waals surface area (Å²) in [7, 11) is 0. The molecule has 1 fully saturated rings. The van der Waals surface area contributed by atoms with Crippen molar-refractivity contribution in [1.29, 1.82) is 0 Å². The lowest BCUT2D eigenvalue weighted by Gasteiger charge is -2.39. The van der Waals surface area contributed by atoms with Gasteiger partial charge in [0.2, 0.25) is 5.91 Å². The summed E-state index contributed by atoms with van der Waals surface area (Å²) in [6.45, 7) is 2.18. The fraction of sp³-hybridized carbons (Fsp3) is 0.562. The first kappa shape index (κ1) is 14.8. The van der Waals surface area contributed by atoms with E-state index in [0.717, 1.165) is 25.7 Å². The Balaban J connectivity index is 2.10. The minimum Gasteiger partial charge on any atom is -0.371 e. The zero-order chi connectivity index (χ0) is 14.6. The molecule has 0 atom stereocenters. The molecule has 2 rings (SSSR count). The molecule has 4 heteroatoms. The smallest absolute Gasteiger partial charge is 0.243 e. The highest BCUT2D eigenvalue weighted by molar-refractivity contribution is 5.88. The molecule has 0 saturated heterocycles. The van der Waals surface area contributed by atoms with Gasteiger partial charge in [-0.15, -0.1) is 0 Å². The van der Waals surface area contributed by atoms with E-state index in [-0.39, 0.29) is 11.7 Å². The van der Waals surface area contributed by atoms with Crippen molar-refractivity contribution in [3.05, 3.63) is 30.1 Å². The summed E-state index contributed by atoms with van der Waals surface area (Å²) in [6, 6.07) is 6.20. The number of amides is 1. The molecule has 0 unspecified atom stereocenters. The van der Waals surface area contributed by atoms with Crippen LogP contribution in [0.25, 0.3) is 0 Å². The average Bonchev–Trinajstić information content (AvgIpc) is 2.41. The summed E-state index contributed by atoms with van der Waals surface area (Å²) < 4.78 is 13.3. The average molecular weight is 278 g/mol. The van der Waals surface area contributed by atoms with Crippen LogP contribution in [0.4, 0.5) is 10.1 Å². The van der Waals surface area contributed by atoms with Gasteiger partial charge in [0.05, 0.1) is 0 Å². The van der Waals surface area contributed by atoms with Crippen molar-refractivity contribution >= 4 is 11.6 Å². The van der Waals surface area contributed by atoms with Gasteiger partial charge >= 0.3 is 0 Å². The second-order valence-electron chi connectivity index (χ2n) is 5.81. The fourth-order valence-electron chi connectivity index (χ4n) is 3.14. The van der Waals surface area contributed by atoms with E-state index < -0.39 is 5.54 Å². The van der Waals surface area contributed by atoms with Gasteiger partial charge < -0.3 is 11.1 Å². The van der Waals surface area contributed by atoms with Gasteiger partial charge in [-0.25, -0.2) is 4.39 Å². The largest absolute Gasteiger partial charge is 0.371 e. The Kier molecular flexibility index (Phi) is 4.63. The zero-order valence-electron chi connectivity index (χ0n) is 12.0. The molecule has 1 saturated carbocycles. The number of carbonyl (C=O) groups is 1. The minimum absolute atomic E-state index is 0.311. The molecule has 0 aromatic heterocycles. The summed E-state index contributed by atoms with van der Waals surface area (Å²) in [5.74, 6) is 0.0350. The third kappa shape index (κ3) is 3.30. The van der Waals surface area contributed by atoms with Gasteiger partial charge in [-0.1, -0.05) is 25.8 Å². The van der Waals surface area contributed by atoms with Gasteiger partial charge in [0.15, 0.2) is 0 Å². The second-order valence-corrected chi connectivity index (χ2v) is 5.81. The number of hydrogen-bond acceptors (Lipinski definition) is 2. The summed E-state index contributed by atoms with van der Waals surface area (Å²) in [4.78, 5) is 11.9. The molecule has 1 amide bonds. The number of anilines is 1. The normalized spacial score (nSPS) is 26.2. The van der Waals surface area contributed by atoms with E-state index in [9.17, 15) is 9.18 Å². The molecule has 0 bridgehead atoms. The molecule has 1 aliphatic rings. The van der Waals surface area contributed by atoms with Crippen LogP contribution in [-0.4, -0.2) is 11.4 Å². The number of halogens is 1. The van der Waals surface area contributed by atoms with Crippen LogP contribution < -0.4 is 11.1 Å². The molecule has 0 aliphatic heterocycles. The summed E-state index contributed by atoms with van der Waals surface area (Å²) in [5.41, 5.74) is 5.51. The monoisotopic (exact) mass is 278 g/mol. The van der Waals surface area contributed by atoms with E-state index >= 15 is 0 Å². The van der Waals surface area contributed by atoms with Crippen LogP contribution in [-0.2, 0) is 4.79 Å². The van der Waals surface area contributed by atoms with Gasteiger partial charge in [0.1, 0.15) is 11.4 Å². The molecule has 0 spiro atoms. The number of primary amides is 1. The molecule has 3 nitrogen and oxygen atoms in total. The Morgan fingerprint density at radius 1 is 1.45 bits per heavy atom. The van der Waals surface area contributed by atoms with E-state index in [2.05, 4.69) is 12.2 Å². The van der Waals surface area contributed by atoms with Crippen LogP contribution in [0.2, 0.25) is 0 Å². The van der Waals surface area contributed by atoms with Crippen molar-refractivity contribution in [1.82, 2.24) is 0 Å². The van der Waals surface area contributed by atoms with Crippen LogP contribution in [0.3, 0.4) is 0 Å². The van der Waals surface area contributed by atoms with Gasteiger partial charge in [0, 0.05) is 5.69 Å². The molecule has 110 valence electrons. The Labute approximate surface area is 119 Å². The summed E-state index contributed by atoms with van der Waals surface area (Å²) >= 11 is 0. The third-order valence-corrected chi connectivity index (χ3v) is 4.34. The van der Waals surface area contributed by atoms with Crippen LogP contribution in [0.5, 0.6) is 0 Å². The third-order valence-electron chi connectivity index (χ3n) is 4.34. The number of hydrogen-bond donors (Lipinski definition) is 2. The maximum atomic E-state index is 13.3. The van der Waals surface area contributed by atoms with Crippen molar-refractivity contribution in [3.8, 4) is 0 Å². The number of nitrogens with one attached hydrogen (secondary N) is 1. The molecule has 0 heterocycles. The number of rotatable bonds is 5. The molecule has 20 heavy (non-hydrogen) atoms. The Morgan fingerprint density at radius 2 is 2.15 bits per heavy atom. The summed E-state index contributed by atoms with van der Waals surface area (Å²) in [5, 5.41) is 3.18. The van der Waals surface area contributed by atoms with Gasteiger partial charge in [0.25, 0.3) is 0 Å². The first-order valence-electron chi connectivity index (χ1n) is 7.39. The van der Waals surface area contributed by atoms with Crippen LogP contribution in [0.1, 0.15) is 45.4 Å². The lowest BCUT2D eigenvalue weighted by atomic mass is 9.74. The number of benzene rings is 1. The van der Waals surface area contributed by atoms with Gasteiger partial charge in [-0.2, -0.15) is 0 Å². The van der Waals surface area contributed by atoms with E-state index in [1.165, 1.54) is 25.0 Å². The molecule has 1 aromatic carbocycles. The SMILES string of the molecule is CCCC1CCC(Nc2cccc(F)c2)(C(N)=O)CC1. The van der Waals surface area contributed by atoms with Crippen molar-refractivity contribution in [2.75, 3.05) is 5.32 Å². The van der Waals surface area contributed by atoms with Crippen molar-refractivity contribution in [3.63, 3.8) is 0 Å². The Morgan fingerprint density at radius 3 is 2.70 bits per heavy atom. The van der Waals surface area contributed by atoms with E-state index in [0.29, 0.717) is 11.6 Å². The maximum absolute atomic E-state index is 13.3. The summed E-state index contributed by atoms with van der Waals surface area (Å²) in [6.07, 6.45) is 5.82. The predicted molar refractivity (Wildman–Crippen MR) is 78.8 cm³/mol. The zero-order valence-corrected chi connectivity index (χ0v) is 12.0. The topological polar surface area (TPSA) is 55.1 Å². The molecule has 1 aromatic rings. The Bertz CT molecular complexity index is 467. The molecule has 0 radical (unpaired) electrons. The highest BCUT2D eigenvalue weighted by Gasteiger charge is 2.40. The molecule has 3 N–H and O–H groups in total. The van der Waals surface area contributed by atoms with Crippen LogP contribution in [0, 0.1) is 11.7 Å².